The molecule has 0 radical (unpaired) electrons. The van der Waals surface area contributed by atoms with Crippen LogP contribution in [0, 0.1) is 10.1 Å². The molecule has 0 aliphatic carbocycles. The molecule has 1 rings (SSSR count). The summed E-state index contributed by atoms with van der Waals surface area (Å²) in [6, 6.07) is 5.43. The van der Waals surface area contributed by atoms with Crippen molar-refractivity contribution in [2.45, 2.75) is 12.2 Å². The van der Waals surface area contributed by atoms with Crippen LogP contribution in [0.15, 0.2) is 24.3 Å². The molecule has 0 heterocycles. The summed E-state index contributed by atoms with van der Waals surface area (Å²) in [7, 11) is -3.42. The Labute approximate surface area is 105 Å². The molecule has 1 aromatic carbocycles. The number of benzene rings is 1. The third-order valence-electron chi connectivity index (χ3n) is 2.21. The van der Waals surface area contributed by atoms with E-state index in [-0.39, 0.29) is 11.4 Å². The number of nitro groups is 1. The van der Waals surface area contributed by atoms with Crippen molar-refractivity contribution in [3.63, 3.8) is 0 Å². The van der Waals surface area contributed by atoms with Crippen LogP contribution in [-0.2, 0) is 15.8 Å². The molecule has 0 aliphatic rings. The van der Waals surface area contributed by atoms with E-state index in [1.165, 1.54) is 24.3 Å². The van der Waals surface area contributed by atoms with Gasteiger partial charge in [-0.1, -0.05) is 12.1 Å². The minimum Gasteiger partial charge on any atom is -0.330 e. The van der Waals surface area contributed by atoms with E-state index in [0.29, 0.717) is 25.1 Å². The first kappa shape index (κ1) is 14.6. The van der Waals surface area contributed by atoms with Crippen LogP contribution in [0.4, 0.5) is 5.69 Å². The number of non-ortho nitro benzene ring substituents is 1. The highest BCUT2D eigenvalue weighted by Gasteiger charge is 2.12. The fraction of sp³-hybridized carbons (Fsp3) is 0.400. The molecule has 0 saturated heterocycles. The third-order valence-corrected chi connectivity index (χ3v) is 3.56. The van der Waals surface area contributed by atoms with Crippen LogP contribution in [0.1, 0.15) is 12.0 Å². The largest absolute Gasteiger partial charge is 0.330 e. The molecule has 18 heavy (non-hydrogen) atoms. The lowest BCUT2D eigenvalue weighted by atomic mass is 10.2. The second kappa shape index (κ2) is 6.43. The molecule has 3 N–H and O–H groups in total. The monoisotopic (exact) mass is 273 g/mol. The van der Waals surface area contributed by atoms with E-state index >= 15 is 0 Å². The predicted molar refractivity (Wildman–Crippen MR) is 67.4 cm³/mol. The summed E-state index contributed by atoms with van der Waals surface area (Å²) < 4.78 is 25.6. The van der Waals surface area contributed by atoms with E-state index in [9.17, 15) is 18.5 Å². The Morgan fingerprint density at radius 1 is 1.28 bits per heavy atom. The van der Waals surface area contributed by atoms with Crippen LogP contribution in [0.25, 0.3) is 0 Å². The molecule has 7 nitrogen and oxygen atoms in total. The molecule has 0 amide bonds. The van der Waals surface area contributed by atoms with Crippen molar-refractivity contribution in [2.75, 3.05) is 13.1 Å². The lowest BCUT2D eigenvalue weighted by Gasteiger charge is -2.05. The molecular weight excluding hydrogens is 258 g/mol. The first-order valence-electron chi connectivity index (χ1n) is 5.35. The topological polar surface area (TPSA) is 115 Å². The maximum Gasteiger partial charge on any atom is 0.269 e. The van der Waals surface area contributed by atoms with Crippen LogP contribution >= 0.6 is 0 Å². The van der Waals surface area contributed by atoms with Crippen LogP contribution in [0.5, 0.6) is 0 Å². The number of nitrogens with two attached hydrogens (primary N) is 1. The minimum atomic E-state index is -3.42. The second-order valence-corrected chi connectivity index (χ2v) is 5.53. The number of nitro benzene ring substituents is 1. The zero-order valence-electron chi connectivity index (χ0n) is 9.70. The van der Waals surface area contributed by atoms with Gasteiger partial charge in [0.25, 0.3) is 5.69 Å². The van der Waals surface area contributed by atoms with Crippen molar-refractivity contribution in [2.24, 2.45) is 5.73 Å². The van der Waals surface area contributed by atoms with Crippen molar-refractivity contribution in [1.29, 1.82) is 0 Å². The Morgan fingerprint density at radius 3 is 2.39 bits per heavy atom. The van der Waals surface area contributed by atoms with Gasteiger partial charge in [0.1, 0.15) is 0 Å². The summed E-state index contributed by atoms with van der Waals surface area (Å²) in [6.45, 7) is 0.714. The molecule has 100 valence electrons. The molecule has 1 aromatic rings. The first-order chi connectivity index (χ1) is 8.44. The Kier molecular flexibility index (Phi) is 5.20. The smallest absolute Gasteiger partial charge is 0.269 e. The normalized spacial score (nSPS) is 11.4. The van der Waals surface area contributed by atoms with Crippen LogP contribution < -0.4 is 10.5 Å². The summed E-state index contributed by atoms with van der Waals surface area (Å²) in [6.07, 6.45) is 0.569. The van der Waals surface area contributed by atoms with Gasteiger partial charge in [0.2, 0.25) is 10.0 Å². The quantitative estimate of drug-likeness (QED) is 0.423. The predicted octanol–water partition coefficient (Wildman–Crippen LogP) is 0.363. The molecule has 0 aliphatic heterocycles. The average molecular weight is 273 g/mol. The fourth-order valence-electron chi connectivity index (χ4n) is 1.31. The molecule has 0 unspecified atom stereocenters. The average Bonchev–Trinajstić information content (AvgIpc) is 2.29. The van der Waals surface area contributed by atoms with Gasteiger partial charge < -0.3 is 5.73 Å². The number of hydrogen-bond donors (Lipinski definition) is 2. The van der Waals surface area contributed by atoms with Gasteiger partial charge >= 0.3 is 0 Å². The van der Waals surface area contributed by atoms with Crippen molar-refractivity contribution in [3.05, 3.63) is 39.9 Å². The van der Waals surface area contributed by atoms with Gasteiger partial charge in [-0.05, 0) is 18.5 Å². The van der Waals surface area contributed by atoms with Crippen molar-refractivity contribution >= 4 is 15.7 Å². The highest BCUT2D eigenvalue weighted by Crippen LogP contribution is 2.13. The fourth-order valence-corrected chi connectivity index (χ4v) is 2.50. The Bertz CT molecular complexity index is 498. The highest BCUT2D eigenvalue weighted by atomic mass is 32.2. The van der Waals surface area contributed by atoms with Gasteiger partial charge in [-0.15, -0.1) is 0 Å². The summed E-state index contributed by atoms with van der Waals surface area (Å²) in [5.41, 5.74) is 5.69. The Morgan fingerprint density at radius 2 is 1.89 bits per heavy atom. The van der Waals surface area contributed by atoms with Crippen LogP contribution in [0.3, 0.4) is 0 Å². The minimum absolute atomic E-state index is 0.0627. The molecule has 0 atom stereocenters. The Balaban J connectivity index is 2.63. The maximum absolute atomic E-state index is 11.6. The summed E-state index contributed by atoms with van der Waals surface area (Å²) >= 11 is 0. The molecular formula is C10H15N3O4S. The van der Waals surface area contributed by atoms with E-state index in [1.54, 1.807) is 0 Å². The van der Waals surface area contributed by atoms with E-state index in [1.807, 2.05) is 0 Å². The number of hydrogen-bond acceptors (Lipinski definition) is 5. The zero-order chi connectivity index (χ0) is 13.6. The molecule has 8 heteroatoms. The molecule has 0 bridgehead atoms. The zero-order valence-corrected chi connectivity index (χ0v) is 10.5. The van der Waals surface area contributed by atoms with Gasteiger partial charge in [0, 0.05) is 18.7 Å². The van der Waals surface area contributed by atoms with Crippen LogP contribution in [0.2, 0.25) is 0 Å². The number of nitrogens with zero attached hydrogens (tertiary/aromatic N) is 1. The van der Waals surface area contributed by atoms with Gasteiger partial charge in [0.05, 0.1) is 10.7 Å². The third kappa shape index (κ3) is 4.78. The first-order valence-corrected chi connectivity index (χ1v) is 7.00. The highest BCUT2D eigenvalue weighted by molar-refractivity contribution is 7.88. The molecule has 0 fully saturated rings. The van der Waals surface area contributed by atoms with Crippen LogP contribution in [-0.4, -0.2) is 26.4 Å². The Hall–Kier alpha value is -1.51. The maximum atomic E-state index is 11.6. The number of rotatable bonds is 7. The molecule has 0 aromatic heterocycles. The van der Waals surface area contributed by atoms with E-state index in [2.05, 4.69) is 4.72 Å². The van der Waals surface area contributed by atoms with Crippen molar-refractivity contribution < 1.29 is 13.3 Å². The summed E-state index contributed by atoms with van der Waals surface area (Å²) in [4.78, 5) is 9.91. The van der Waals surface area contributed by atoms with Crippen molar-refractivity contribution in [3.8, 4) is 0 Å². The molecule has 0 spiro atoms. The van der Waals surface area contributed by atoms with Gasteiger partial charge in [-0.2, -0.15) is 0 Å². The standard InChI is InChI=1S/C10H15N3O4S/c11-6-1-7-12-18(16,17)8-9-2-4-10(5-3-9)13(14)15/h2-5,12H,1,6-8,11H2. The van der Waals surface area contributed by atoms with E-state index in [0.717, 1.165) is 0 Å². The molecule has 0 saturated carbocycles. The SMILES string of the molecule is NCCCNS(=O)(=O)Cc1ccc([N+](=O)[O-])cc1. The number of nitrogens with one attached hydrogen (secondary N) is 1. The summed E-state index contributed by atoms with van der Waals surface area (Å²) in [5.74, 6) is -0.199. The van der Waals surface area contributed by atoms with E-state index < -0.39 is 14.9 Å². The van der Waals surface area contributed by atoms with Gasteiger partial charge in [-0.25, -0.2) is 13.1 Å². The lowest BCUT2D eigenvalue weighted by molar-refractivity contribution is -0.384. The van der Waals surface area contributed by atoms with Gasteiger partial charge in [0.15, 0.2) is 0 Å². The number of sulfonamides is 1. The van der Waals surface area contributed by atoms with Crippen molar-refractivity contribution in [1.82, 2.24) is 4.72 Å². The van der Waals surface area contributed by atoms with E-state index in [4.69, 9.17) is 5.73 Å². The lowest BCUT2D eigenvalue weighted by Crippen LogP contribution is -2.27. The second-order valence-electron chi connectivity index (χ2n) is 3.72. The summed E-state index contributed by atoms with van der Waals surface area (Å²) in [5, 5.41) is 10.4. The van der Waals surface area contributed by atoms with Gasteiger partial charge in [-0.3, -0.25) is 10.1 Å².